The molecule has 0 radical (unpaired) electrons. The summed E-state index contributed by atoms with van der Waals surface area (Å²) in [6.45, 7) is 2.09. The van der Waals surface area contributed by atoms with Crippen molar-refractivity contribution < 1.29 is 20.4 Å². The molecule has 4 nitrogen and oxygen atoms in total. The fraction of sp³-hybridized carbons (Fsp3) is 0.0192. The Bertz CT molecular complexity index is 3080. The maximum absolute atomic E-state index is 4.20. The molecule has 1 aliphatic rings. The predicted molar refractivity (Wildman–Crippen MR) is 239 cm³/mol. The first-order valence-corrected chi connectivity index (χ1v) is 21.3. The second-order valence-corrected chi connectivity index (χ2v) is 18.4. The van der Waals surface area contributed by atoms with E-state index in [-0.39, 0.29) is 20.4 Å². The Morgan fingerprint density at radius 1 is 0.500 bits per heavy atom. The maximum Gasteiger partial charge on any atom is 0.131 e. The number of nitrogens with zero attached hydrogens (tertiary/aromatic N) is 4. The standard InChI is InChI=1S/C52H36N4Si.Pd/c1-53-33-34-54(37-53)40-21-16-26-43(35-40)57(41-22-10-4-11-23-41,42-24-12-5-13-25-42)44-29-30-45-46-31-32-49-51(52(46)56(50(45)36-44)39-19-8-3-9-20-39)47-27-14-15-28-48(47)55(49)38-17-6-2-7-18-38;/h2-19,21-34,37H,1H3;/q-4;. The quantitative estimate of drug-likeness (QED) is 0.0905. The molecule has 0 bridgehead atoms. The van der Waals surface area contributed by atoms with E-state index in [9.17, 15) is 0 Å². The summed E-state index contributed by atoms with van der Waals surface area (Å²) in [4.78, 5) is 4.21. The molecule has 10 aromatic rings. The van der Waals surface area contributed by atoms with Gasteiger partial charge < -0.3 is 18.9 Å². The van der Waals surface area contributed by atoms with Gasteiger partial charge in [0.1, 0.15) is 8.07 Å². The van der Waals surface area contributed by atoms with E-state index in [1.165, 1.54) is 42.4 Å². The van der Waals surface area contributed by atoms with Gasteiger partial charge in [-0.05, 0) is 59.5 Å². The first-order chi connectivity index (χ1) is 28.2. The van der Waals surface area contributed by atoms with Crippen LogP contribution < -0.4 is 25.6 Å². The molecular formula is C52H36N4PdSi-4. The third-order valence-corrected chi connectivity index (χ3v) is 16.1. The second kappa shape index (κ2) is 14.5. The summed E-state index contributed by atoms with van der Waals surface area (Å²) >= 11 is 0. The van der Waals surface area contributed by atoms with Crippen LogP contribution in [-0.2, 0) is 20.4 Å². The zero-order valence-electron chi connectivity index (χ0n) is 31.7. The molecule has 1 aliphatic heterocycles. The number of aromatic nitrogens is 2. The van der Waals surface area contributed by atoms with E-state index in [0.29, 0.717) is 0 Å². The predicted octanol–water partition coefficient (Wildman–Crippen LogP) is 9.00. The monoisotopic (exact) mass is 850 g/mol. The van der Waals surface area contributed by atoms with Gasteiger partial charge in [-0.3, -0.25) is 0 Å². The van der Waals surface area contributed by atoms with Gasteiger partial charge in [-0.1, -0.05) is 114 Å². The summed E-state index contributed by atoms with van der Waals surface area (Å²) in [5.74, 6) is 0. The van der Waals surface area contributed by atoms with E-state index in [1.807, 2.05) is 19.2 Å². The topological polar surface area (TPSA) is 16.3 Å². The molecule has 0 saturated heterocycles. The normalized spacial score (nSPS) is 12.9. The van der Waals surface area contributed by atoms with Crippen molar-refractivity contribution in [2.45, 2.75) is 0 Å². The van der Waals surface area contributed by atoms with Gasteiger partial charge >= 0.3 is 0 Å². The summed E-state index contributed by atoms with van der Waals surface area (Å²) in [5, 5.41) is 9.67. The van der Waals surface area contributed by atoms with Gasteiger partial charge in [0.2, 0.25) is 0 Å². The van der Waals surface area contributed by atoms with Crippen LogP contribution in [0.3, 0.4) is 0 Å². The molecule has 0 N–H and O–H groups in total. The Kier molecular flexibility index (Phi) is 8.99. The van der Waals surface area contributed by atoms with E-state index in [4.69, 9.17) is 0 Å². The van der Waals surface area contributed by atoms with Crippen LogP contribution in [0.2, 0.25) is 0 Å². The molecule has 6 heteroatoms. The van der Waals surface area contributed by atoms with Crippen molar-refractivity contribution in [1.82, 2.24) is 14.0 Å². The van der Waals surface area contributed by atoms with E-state index in [0.717, 1.165) is 39.0 Å². The first-order valence-electron chi connectivity index (χ1n) is 19.3. The van der Waals surface area contributed by atoms with Crippen molar-refractivity contribution in [2.24, 2.45) is 0 Å². The van der Waals surface area contributed by atoms with Crippen molar-refractivity contribution in [3.63, 3.8) is 0 Å². The van der Waals surface area contributed by atoms with Gasteiger partial charge in [0.25, 0.3) is 0 Å². The third kappa shape index (κ3) is 5.52. The minimum Gasteiger partial charge on any atom is -0.510 e. The molecule has 8 aromatic carbocycles. The van der Waals surface area contributed by atoms with Gasteiger partial charge in [-0.2, -0.15) is 83.8 Å². The number of anilines is 1. The van der Waals surface area contributed by atoms with Crippen LogP contribution in [0.5, 0.6) is 0 Å². The molecule has 11 rings (SSSR count). The maximum atomic E-state index is 4.20. The van der Waals surface area contributed by atoms with E-state index < -0.39 is 8.07 Å². The minimum atomic E-state index is -3.04. The number of hydrogen-bond donors (Lipinski definition) is 0. The SMILES string of the molecule is CN1C=CN(c2[c-]c([Si](c3[c-]c4c(cc3)c3ccc5c(c6ccccc6n5-c5ccccc5)c3n4-c3[c-]cccc3)(c3ccccc3)c3ccccc3)ccc2)[CH-]1.[Pd]. The average Bonchev–Trinajstić information content (AvgIpc) is 3.97. The van der Waals surface area contributed by atoms with Crippen LogP contribution in [-0.4, -0.2) is 29.2 Å². The van der Waals surface area contributed by atoms with E-state index >= 15 is 0 Å². The van der Waals surface area contributed by atoms with Crippen LogP contribution in [0.1, 0.15) is 0 Å². The minimum absolute atomic E-state index is 0. The van der Waals surface area contributed by atoms with E-state index in [1.54, 1.807) is 0 Å². The number of para-hydroxylation sites is 3. The molecule has 282 valence electrons. The molecule has 3 heterocycles. The summed E-state index contributed by atoms with van der Waals surface area (Å²) in [6.07, 6.45) is 4.15. The summed E-state index contributed by atoms with van der Waals surface area (Å²) in [6, 6.07) is 77.6. The summed E-state index contributed by atoms with van der Waals surface area (Å²) < 4.78 is 4.81. The smallest absolute Gasteiger partial charge is 0.131 e. The first kappa shape index (κ1) is 36.0. The van der Waals surface area contributed by atoms with Crippen molar-refractivity contribution in [2.75, 3.05) is 11.9 Å². The molecule has 0 atom stereocenters. The Labute approximate surface area is 353 Å². The molecule has 0 amide bonds. The molecule has 2 aromatic heterocycles. The fourth-order valence-electron chi connectivity index (χ4n) is 9.05. The van der Waals surface area contributed by atoms with Gasteiger partial charge in [0.15, 0.2) is 0 Å². The van der Waals surface area contributed by atoms with Crippen LogP contribution in [0.4, 0.5) is 5.69 Å². The van der Waals surface area contributed by atoms with Crippen LogP contribution >= 0.6 is 0 Å². The van der Waals surface area contributed by atoms with Gasteiger partial charge in [0.05, 0.1) is 11.0 Å². The zero-order chi connectivity index (χ0) is 37.9. The van der Waals surface area contributed by atoms with Crippen molar-refractivity contribution in [3.8, 4) is 11.4 Å². The molecule has 0 aliphatic carbocycles. The Hall–Kier alpha value is -6.42. The number of hydrogen-bond acceptors (Lipinski definition) is 2. The molecular weight excluding hydrogens is 815 g/mol. The van der Waals surface area contributed by atoms with Crippen LogP contribution in [0.25, 0.3) is 55.0 Å². The fourth-order valence-corrected chi connectivity index (χ4v) is 13.6. The Balaban J connectivity index is 0.00000408. The second-order valence-electron chi connectivity index (χ2n) is 14.7. The van der Waals surface area contributed by atoms with Crippen LogP contribution in [0.15, 0.2) is 194 Å². The van der Waals surface area contributed by atoms with Crippen molar-refractivity contribution in [3.05, 3.63) is 219 Å². The largest absolute Gasteiger partial charge is 0.510 e. The van der Waals surface area contributed by atoms with Crippen LogP contribution in [0, 0.1) is 24.9 Å². The molecule has 0 spiro atoms. The van der Waals surface area contributed by atoms with E-state index in [2.05, 4.69) is 226 Å². The zero-order valence-corrected chi connectivity index (χ0v) is 34.2. The molecule has 0 saturated carbocycles. The molecule has 0 unspecified atom stereocenters. The Morgan fingerprint density at radius 2 is 1.16 bits per heavy atom. The van der Waals surface area contributed by atoms with Gasteiger partial charge in [-0.25, -0.2) is 0 Å². The van der Waals surface area contributed by atoms with Gasteiger partial charge in [0, 0.05) is 42.4 Å². The number of fused-ring (bicyclic) bond motifs is 7. The Morgan fingerprint density at radius 3 is 1.86 bits per heavy atom. The van der Waals surface area contributed by atoms with Gasteiger partial charge in [-0.15, -0.1) is 17.1 Å². The molecule has 0 fully saturated rings. The number of benzene rings is 8. The van der Waals surface area contributed by atoms with Crippen molar-refractivity contribution in [1.29, 1.82) is 0 Å². The summed E-state index contributed by atoms with van der Waals surface area (Å²) in [7, 11) is -0.994. The summed E-state index contributed by atoms with van der Waals surface area (Å²) in [5.41, 5.74) is 7.66. The molecule has 58 heavy (non-hydrogen) atoms. The van der Waals surface area contributed by atoms with Crippen molar-refractivity contribution >= 4 is 78.1 Å². The number of rotatable bonds is 7. The third-order valence-electron chi connectivity index (χ3n) is 11.5. The average molecular weight is 851 g/mol.